The summed E-state index contributed by atoms with van der Waals surface area (Å²) < 4.78 is 8.58. The summed E-state index contributed by atoms with van der Waals surface area (Å²) in [5, 5.41) is 11.0. The SMILES string of the molecule is C[C@@H]1CN(Cc2ccc3nsnc3c2)CC[C@@]1(O)C1CCC1. The fourth-order valence-electron chi connectivity index (χ4n) is 4.06. The molecule has 4 nitrogen and oxygen atoms in total. The monoisotopic (exact) mass is 317 g/mol. The molecule has 2 fully saturated rings. The number of fused-ring (bicyclic) bond motifs is 1. The minimum atomic E-state index is -0.419. The zero-order valence-corrected chi connectivity index (χ0v) is 13.9. The van der Waals surface area contributed by atoms with Gasteiger partial charge in [-0.25, -0.2) is 0 Å². The maximum atomic E-state index is 11.0. The summed E-state index contributed by atoms with van der Waals surface area (Å²) in [6.07, 6.45) is 4.65. The number of aromatic nitrogens is 2. The summed E-state index contributed by atoms with van der Waals surface area (Å²) in [6, 6.07) is 6.36. The summed E-state index contributed by atoms with van der Waals surface area (Å²) >= 11 is 1.27. The summed E-state index contributed by atoms with van der Waals surface area (Å²) in [4.78, 5) is 2.47. The fraction of sp³-hybridized carbons (Fsp3) is 0.647. The zero-order chi connectivity index (χ0) is 15.2. The van der Waals surface area contributed by atoms with E-state index in [1.807, 2.05) is 0 Å². The van der Waals surface area contributed by atoms with Crippen LogP contribution in [-0.2, 0) is 6.54 Å². The van der Waals surface area contributed by atoms with Crippen molar-refractivity contribution in [1.29, 1.82) is 0 Å². The predicted octanol–water partition coefficient (Wildman–Crippen LogP) is 3.06. The van der Waals surface area contributed by atoms with Crippen LogP contribution in [0.25, 0.3) is 11.0 Å². The Kier molecular flexibility index (Phi) is 3.67. The lowest BCUT2D eigenvalue weighted by Crippen LogP contribution is -2.56. The highest BCUT2D eigenvalue weighted by Gasteiger charge is 2.46. The molecule has 1 saturated carbocycles. The topological polar surface area (TPSA) is 49.2 Å². The lowest BCUT2D eigenvalue weighted by Gasteiger charge is -2.50. The van der Waals surface area contributed by atoms with Crippen molar-refractivity contribution in [1.82, 2.24) is 13.6 Å². The lowest BCUT2D eigenvalue weighted by molar-refractivity contribution is -0.128. The Morgan fingerprint density at radius 2 is 2.14 bits per heavy atom. The van der Waals surface area contributed by atoms with Gasteiger partial charge < -0.3 is 5.11 Å². The third-order valence-corrected chi connectivity index (χ3v) is 6.31. The van der Waals surface area contributed by atoms with Gasteiger partial charge in [0.1, 0.15) is 11.0 Å². The minimum absolute atomic E-state index is 0.358. The van der Waals surface area contributed by atoms with Gasteiger partial charge in [0.05, 0.1) is 17.3 Å². The molecule has 2 aliphatic rings. The highest BCUT2D eigenvalue weighted by molar-refractivity contribution is 7.00. The second-order valence-corrected chi connectivity index (χ2v) is 7.62. The van der Waals surface area contributed by atoms with Gasteiger partial charge in [0.15, 0.2) is 0 Å². The first-order chi connectivity index (χ1) is 10.6. The predicted molar refractivity (Wildman–Crippen MR) is 88.8 cm³/mol. The molecule has 4 rings (SSSR count). The molecule has 5 heteroatoms. The molecular weight excluding hydrogens is 294 g/mol. The Hall–Kier alpha value is -1.04. The van der Waals surface area contributed by atoms with Crippen LogP contribution in [0.2, 0.25) is 0 Å². The molecule has 2 atom stereocenters. The third kappa shape index (κ3) is 2.45. The van der Waals surface area contributed by atoms with Crippen LogP contribution in [0.4, 0.5) is 0 Å². The van der Waals surface area contributed by atoms with E-state index in [1.54, 1.807) is 0 Å². The van der Waals surface area contributed by atoms with Gasteiger partial charge in [0, 0.05) is 19.6 Å². The first-order valence-electron chi connectivity index (χ1n) is 8.31. The van der Waals surface area contributed by atoms with Crippen LogP contribution in [0.1, 0.15) is 38.2 Å². The van der Waals surface area contributed by atoms with Crippen LogP contribution in [0.15, 0.2) is 18.2 Å². The molecule has 0 spiro atoms. The second kappa shape index (κ2) is 5.55. The summed E-state index contributed by atoms with van der Waals surface area (Å²) in [5.74, 6) is 0.901. The Balaban J connectivity index is 1.44. The van der Waals surface area contributed by atoms with E-state index in [0.717, 1.165) is 37.1 Å². The molecule has 0 bridgehead atoms. The lowest BCUT2D eigenvalue weighted by atomic mass is 9.65. The molecule has 0 amide bonds. The number of rotatable bonds is 3. The largest absolute Gasteiger partial charge is 0.389 e. The number of hydrogen-bond acceptors (Lipinski definition) is 5. The molecule has 118 valence electrons. The molecule has 1 aliphatic carbocycles. The first kappa shape index (κ1) is 14.5. The van der Waals surface area contributed by atoms with E-state index in [2.05, 4.69) is 38.8 Å². The van der Waals surface area contributed by atoms with E-state index in [0.29, 0.717) is 11.8 Å². The van der Waals surface area contributed by atoms with Crippen molar-refractivity contribution in [3.05, 3.63) is 23.8 Å². The summed E-state index contributed by atoms with van der Waals surface area (Å²) in [6.45, 7) is 5.14. The zero-order valence-electron chi connectivity index (χ0n) is 13.0. The molecule has 2 aromatic rings. The third-order valence-electron chi connectivity index (χ3n) is 5.75. The van der Waals surface area contributed by atoms with Crippen LogP contribution < -0.4 is 0 Å². The molecule has 1 aromatic heterocycles. The van der Waals surface area contributed by atoms with Crippen LogP contribution in [0.5, 0.6) is 0 Å². The molecule has 1 aliphatic heterocycles. The van der Waals surface area contributed by atoms with Crippen molar-refractivity contribution in [2.75, 3.05) is 13.1 Å². The second-order valence-electron chi connectivity index (χ2n) is 7.09. The van der Waals surface area contributed by atoms with Crippen LogP contribution in [0, 0.1) is 11.8 Å². The first-order valence-corrected chi connectivity index (χ1v) is 9.04. The Morgan fingerprint density at radius 1 is 1.32 bits per heavy atom. The number of piperidine rings is 1. The van der Waals surface area contributed by atoms with Gasteiger partial charge in [0.2, 0.25) is 0 Å². The summed E-state index contributed by atoms with van der Waals surface area (Å²) in [5.41, 5.74) is 2.86. The van der Waals surface area contributed by atoms with Crippen molar-refractivity contribution in [3.8, 4) is 0 Å². The number of benzene rings is 1. The smallest absolute Gasteiger partial charge is 0.105 e. The number of hydrogen-bond donors (Lipinski definition) is 1. The van der Waals surface area contributed by atoms with E-state index in [1.165, 1.54) is 36.6 Å². The van der Waals surface area contributed by atoms with Crippen LogP contribution in [0.3, 0.4) is 0 Å². The van der Waals surface area contributed by atoms with Gasteiger partial charge >= 0.3 is 0 Å². The highest BCUT2D eigenvalue weighted by atomic mass is 32.1. The van der Waals surface area contributed by atoms with Crippen LogP contribution >= 0.6 is 11.7 Å². The standard InChI is InChI=1S/C17H23N3OS/c1-12-10-20(8-7-17(12,21)14-3-2-4-14)11-13-5-6-15-16(9-13)19-22-18-15/h5-6,9,12,14,21H,2-4,7-8,10-11H2,1H3/t12-,17+/m1/s1. The van der Waals surface area contributed by atoms with Crippen molar-refractivity contribution in [3.63, 3.8) is 0 Å². The van der Waals surface area contributed by atoms with Crippen LogP contribution in [-0.4, -0.2) is 37.4 Å². The Labute approximate surface area is 135 Å². The molecule has 1 N–H and O–H groups in total. The molecule has 1 saturated heterocycles. The molecule has 0 radical (unpaired) electrons. The van der Waals surface area contributed by atoms with Gasteiger partial charge in [-0.3, -0.25) is 4.90 Å². The number of likely N-dealkylation sites (tertiary alicyclic amines) is 1. The fourth-order valence-corrected chi connectivity index (χ4v) is 4.58. The Bertz CT molecular complexity index is 669. The van der Waals surface area contributed by atoms with Gasteiger partial charge in [-0.15, -0.1) is 0 Å². The van der Waals surface area contributed by atoms with Crippen molar-refractivity contribution in [2.45, 2.75) is 44.8 Å². The van der Waals surface area contributed by atoms with Gasteiger partial charge in [-0.05, 0) is 48.8 Å². The minimum Gasteiger partial charge on any atom is -0.389 e. The van der Waals surface area contributed by atoms with Gasteiger partial charge in [-0.1, -0.05) is 19.4 Å². The van der Waals surface area contributed by atoms with Crippen molar-refractivity contribution < 1.29 is 5.11 Å². The molecule has 1 aromatic carbocycles. The van der Waals surface area contributed by atoms with Gasteiger partial charge in [-0.2, -0.15) is 8.75 Å². The molecule has 2 heterocycles. The van der Waals surface area contributed by atoms with Crippen molar-refractivity contribution in [2.24, 2.45) is 11.8 Å². The Morgan fingerprint density at radius 3 is 2.86 bits per heavy atom. The highest BCUT2D eigenvalue weighted by Crippen LogP contribution is 2.44. The normalized spacial score (nSPS) is 30.5. The van der Waals surface area contributed by atoms with E-state index < -0.39 is 5.60 Å². The van der Waals surface area contributed by atoms with Crippen molar-refractivity contribution >= 4 is 22.8 Å². The maximum Gasteiger partial charge on any atom is 0.105 e. The van der Waals surface area contributed by atoms with E-state index in [4.69, 9.17) is 0 Å². The number of aliphatic hydroxyl groups is 1. The van der Waals surface area contributed by atoms with Gasteiger partial charge in [0.25, 0.3) is 0 Å². The quantitative estimate of drug-likeness (QED) is 0.945. The molecular formula is C17H23N3OS. The molecule has 0 unspecified atom stereocenters. The average Bonchev–Trinajstić information content (AvgIpc) is 2.89. The van der Waals surface area contributed by atoms with E-state index in [9.17, 15) is 5.11 Å². The number of nitrogens with zero attached hydrogens (tertiary/aromatic N) is 3. The maximum absolute atomic E-state index is 11.0. The molecule has 22 heavy (non-hydrogen) atoms. The summed E-state index contributed by atoms with van der Waals surface area (Å²) in [7, 11) is 0. The van der Waals surface area contributed by atoms with E-state index >= 15 is 0 Å². The average molecular weight is 317 g/mol. The van der Waals surface area contributed by atoms with E-state index in [-0.39, 0.29) is 0 Å².